The number of fused-ring (bicyclic) bond motifs is 3. The van der Waals surface area contributed by atoms with Crippen LogP contribution in [0, 0.1) is 11.8 Å². The van der Waals surface area contributed by atoms with Crippen molar-refractivity contribution in [1.29, 1.82) is 0 Å². The van der Waals surface area contributed by atoms with Gasteiger partial charge in [0.2, 0.25) is 11.8 Å². The van der Waals surface area contributed by atoms with Gasteiger partial charge in [0.25, 0.3) is 0 Å². The van der Waals surface area contributed by atoms with Crippen molar-refractivity contribution in [1.82, 2.24) is 4.98 Å². The molecule has 2 fully saturated rings. The molecular formula is C26H22N2O2S2. The van der Waals surface area contributed by atoms with E-state index in [0.29, 0.717) is 5.69 Å². The van der Waals surface area contributed by atoms with E-state index in [-0.39, 0.29) is 23.7 Å². The van der Waals surface area contributed by atoms with Crippen molar-refractivity contribution in [2.75, 3.05) is 4.90 Å². The number of rotatable bonds is 4. The van der Waals surface area contributed by atoms with Crippen molar-refractivity contribution in [2.45, 2.75) is 35.8 Å². The monoisotopic (exact) mass is 458 g/mol. The van der Waals surface area contributed by atoms with E-state index >= 15 is 0 Å². The Morgan fingerprint density at radius 1 is 0.938 bits per heavy atom. The number of nitrogens with zero attached hydrogens (tertiary/aromatic N) is 2. The van der Waals surface area contributed by atoms with Crippen molar-refractivity contribution in [2.24, 2.45) is 11.8 Å². The zero-order valence-electron chi connectivity index (χ0n) is 17.5. The third-order valence-electron chi connectivity index (χ3n) is 6.68. The lowest BCUT2D eigenvalue weighted by molar-refractivity contribution is -0.122. The SMILES string of the molecule is O=C1[C@@H]2CCCC[C@H]2C(=O)N1c1ccc2nc(SCc3cccc4ccccc34)sc2c1. The average molecular weight is 459 g/mol. The number of hydrogen-bond donors (Lipinski definition) is 0. The summed E-state index contributed by atoms with van der Waals surface area (Å²) in [6.07, 6.45) is 3.76. The highest BCUT2D eigenvalue weighted by Gasteiger charge is 2.48. The van der Waals surface area contributed by atoms with Crippen LogP contribution in [0.4, 0.5) is 5.69 Å². The molecule has 1 saturated heterocycles. The van der Waals surface area contributed by atoms with Crippen molar-refractivity contribution >= 4 is 61.6 Å². The first-order chi connectivity index (χ1) is 15.7. The maximum absolute atomic E-state index is 12.9. The molecule has 2 atom stereocenters. The molecule has 4 nitrogen and oxygen atoms in total. The Labute approximate surface area is 194 Å². The summed E-state index contributed by atoms with van der Waals surface area (Å²) in [5.74, 6) is 0.559. The number of aromatic nitrogens is 1. The number of anilines is 1. The second kappa shape index (κ2) is 8.01. The molecule has 0 spiro atoms. The first-order valence-corrected chi connectivity index (χ1v) is 12.9. The van der Waals surface area contributed by atoms with Gasteiger partial charge in [-0.15, -0.1) is 11.3 Å². The molecule has 1 aromatic heterocycles. The van der Waals surface area contributed by atoms with E-state index in [0.717, 1.165) is 46.0 Å². The molecule has 3 aromatic carbocycles. The minimum atomic E-state index is -0.125. The van der Waals surface area contributed by atoms with Gasteiger partial charge in [-0.05, 0) is 47.4 Å². The first-order valence-electron chi connectivity index (χ1n) is 11.1. The van der Waals surface area contributed by atoms with Crippen LogP contribution in [0.3, 0.4) is 0 Å². The van der Waals surface area contributed by atoms with Gasteiger partial charge >= 0.3 is 0 Å². The lowest BCUT2D eigenvalue weighted by atomic mass is 9.81. The molecule has 1 aliphatic carbocycles. The van der Waals surface area contributed by atoms with Gasteiger partial charge in [-0.2, -0.15) is 0 Å². The van der Waals surface area contributed by atoms with Gasteiger partial charge < -0.3 is 0 Å². The molecule has 160 valence electrons. The standard InChI is InChI=1S/C26H22N2O2S2/c29-24-20-10-3-4-11-21(20)25(30)28(24)18-12-13-22-23(14-18)32-26(27-22)31-15-17-8-5-7-16-6-1-2-9-19(16)17/h1-2,5-9,12-14,20-21H,3-4,10-11,15H2/t20-,21-/m1/s1. The predicted octanol–water partition coefficient (Wildman–Crippen LogP) is 6.42. The number of hydrogen-bond acceptors (Lipinski definition) is 5. The Bertz CT molecular complexity index is 1330. The van der Waals surface area contributed by atoms with Gasteiger partial charge in [-0.3, -0.25) is 14.5 Å². The van der Waals surface area contributed by atoms with E-state index in [9.17, 15) is 9.59 Å². The molecule has 6 heteroatoms. The summed E-state index contributed by atoms with van der Waals surface area (Å²) in [5.41, 5.74) is 2.90. The summed E-state index contributed by atoms with van der Waals surface area (Å²) in [6, 6.07) is 20.6. The number of thiazole rings is 1. The fraction of sp³-hybridized carbons (Fsp3) is 0.269. The molecule has 1 aliphatic heterocycles. The quantitative estimate of drug-likeness (QED) is 0.261. The summed E-state index contributed by atoms with van der Waals surface area (Å²) in [4.78, 5) is 32.1. The molecule has 2 aliphatic rings. The Hall–Kier alpha value is -2.70. The molecule has 0 radical (unpaired) electrons. The molecule has 0 unspecified atom stereocenters. The van der Waals surface area contributed by atoms with Gasteiger partial charge in [0.1, 0.15) is 0 Å². The molecule has 2 amide bonds. The van der Waals surface area contributed by atoms with Crippen LogP contribution in [-0.2, 0) is 15.3 Å². The smallest absolute Gasteiger partial charge is 0.237 e. The largest absolute Gasteiger partial charge is 0.274 e. The van der Waals surface area contributed by atoms with Crippen molar-refractivity contribution < 1.29 is 9.59 Å². The number of imide groups is 1. The van der Waals surface area contributed by atoms with Crippen LogP contribution in [0.2, 0.25) is 0 Å². The summed E-state index contributed by atoms with van der Waals surface area (Å²) >= 11 is 3.35. The maximum atomic E-state index is 12.9. The van der Waals surface area contributed by atoms with E-state index in [1.54, 1.807) is 23.1 Å². The summed E-state index contributed by atoms with van der Waals surface area (Å²) in [5, 5.41) is 2.53. The Kier molecular flexibility index (Phi) is 5.00. The predicted molar refractivity (Wildman–Crippen MR) is 131 cm³/mol. The molecule has 32 heavy (non-hydrogen) atoms. The fourth-order valence-corrected chi connectivity index (χ4v) is 7.17. The van der Waals surface area contributed by atoms with Crippen LogP contribution in [0.5, 0.6) is 0 Å². The number of carbonyl (C=O) groups excluding carboxylic acids is 2. The van der Waals surface area contributed by atoms with Gasteiger partial charge in [-0.1, -0.05) is 67.1 Å². The van der Waals surface area contributed by atoms with E-state index in [1.165, 1.54) is 21.2 Å². The van der Waals surface area contributed by atoms with Crippen LogP contribution < -0.4 is 4.90 Å². The molecule has 1 saturated carbocycles. The van der Waals surface area contributed by atoms with Gasteiger partial charge in [0.05, 0.1) is 27.7 Å². The third kappa shape index (κ3) is 3.33. The van der Waals surface area contributed by atoms with Crippen molar-refractivity contribution in [3.63, 3.8) is 0 Å². The van der Waals surface area contributed by atoms with Crippen LogP contribution >= 0.6 is 23.1 Å². The minimum absolute atomic E-state index is 0.0193. The Morgan fingerprint density at radius 3 is 2.50 bits per heavy atom. The van der Waals surface area contributed by atoms with Crippen LogP contribution in [0.25, 0.3) is 21.0 Å². The topological polar surface area (TPSA) is 50.3 Å². The van der Waals surface area contributed by atoms with Crippen LogP contribution in [0.15, 0.2) is 65.0 Å². The number of benzene rings is 3. The maximum Gasteiger partial charge on any atom is 0.237 e. The lowest BCUT2D eigenvalue weighted by Gasteiger charge is -2.19. The van der Waals surface area contributed by atoms with Crippen LogP contribution in [-0.4, -0.2) is 16.8 Å². The highest BCUT2D eigenvalue weighted by Crippen LogP contribution is 2.41. The number of amides is 2. The van der Waals surface area contributed by atoms with E-state index < -0.39 is 0 Å². The third-order valence-corrected chi connectivity index (χ3v) is 8.89. The molecule has 0 bridgehead atoms. The summed E-state index contributed by atoms with van der Waals surface area (Å²) < 4.78 is 2.01. The fourth-order valence-electron chi connectivity index (χ4n) is 5.07. The molecule has 0 N–H and O–H groups in total. The van der Waals surface area contributed by atoms with Gasteiger partial charge in [0, 0.05) is 5.75 Å². The molecule has 2 heterocycles. The molecule has 4 aromatic rings. The highest BCUT2D eigenvalue weighted by molar-refractivity contribution is 8.00. The summed E-state index contributed by atoms with van der Waals surface area (Å²) in [6.45, 7) is 0. The average Bonchev–Trinajstić information content (AvgIpc) is 3.35. The zero-order chi connectivity index (χ0) is 21.7. The lowest BCUT2D eigenvalue weighted by Crippen LogP contribution is -2.30. The Morgan fingerprint density at radius 2 is 1.69 bits per heavy atom. The van der Waals surface area contributed by atoms with Crippen molar-refractivity contribution in [3.05, 3.63) is 66.2 Å². The number of carbonyl (C=O) groups is 2. The molecule has 6 rings (SSSR count). The van der Waals surface area contributed by atoms with E-state index in [1.807, 2.05) is 18.2 Å². The zero-order valence-corrected chi connectivity index (χ0v) is 19.1. The molecular weight excluding hydrogens is 436 g/mol. The second-order valence-corrected chi connectivity index (χ2v) is 10.8. The second-order valence-electron chi connectivity index (χ2n) is 8.57. The first kappa shape index (κ1) is 19.9. The highest BCUT2D eigenvalue weighted by atomic mass is 32.2. The Balaban J connectivity index is 1.26. The summed E-state index contributed by atoms with van der Waals surface area (Å²) in [7, 11) is 0. The van der Waals surface area contributed by atoms with Crippen LogP contribution in [0.1, 0.15) is 31.2 Å². The van der Waals surface area contributed by atoms with Gasteiger partial charge in [-0.25, -0.2) is 4.98 Å². The normalized spacial score (nSPS) is 20.9. The van der Waals surface area contributed by atoms with E-state index in [4.69, 9.17) is 4.98 Å². The van der Waals surface area contributed by atoms with E-state index in [2.05, 4.69) is 42.5 Å². The van der Waals surface area contributed by atoms with Crippen molar-refractivity contribution in [3.8, 4) is 0 Å². The number of thioether (sulfide) groups is 1. The van der Waals surface area contributed by atoms with Gasteiger partial charge in [0.15, 0.2) is 4.34 Å². The minimum Gasteiger partial charge on any atom is -0.274 e.